The number of aliphatic hydroxyl groups is 1. The lowest BCUT2D eigenvalue weighted by Gasteiger charge is -2.39. The molecule has 0 saturated carbocycles. The number of hydrogen-bond donors (Lipinski definition) is 1. The Morgan fingerprint density at radius 1 is 1.25 bits per heavy atom. The molecule has 16 heavy (non-hydrogen) atoms. The van der Waals surface area contributed by atoms with Crippen LogP contribution in [-0.4, -0.2) is 66.4 Å². The minimum atomic E-state index is 0.0177. The van der Waals surface area contributed by atoms with Crippen molar-refractivity contribution in [1.29, 1.82) is 0 Å². The van der Waals surface area contributed by atoms with E-state index in [1.807, 2.05) is 9.80 Å². The molecule has 5 nitrogen and oxygen atoms in total. The van der Waals surface area contributed by atoms with Gasteiger partial charge in [-0.25, -0.2) is 4.79 Å². The van der Waals surface area contributed by atoms with Crippen molar-refractivity contribution in [3.63, 3.8) is 0 Å². The Balaban J connectivity index is 1.95. The Bertz CT molecular complexity index is 241. The normalized spacial score (nSPS) is 26.9. The third-order valence-electron chi connectivity index (χ3n) is 3.37. The SMILES string of the molecule is O=C(N1CCOCC1)N1CCCCC1CO. The molecule has 2 heterocycles. The van der Waals surface area contributed by atoms with Crippen molar-refractivity contribution >= 4 is 6.03 Å². The van der Waals surface area contributed by atoms with E-state index in [4.69, 9.17) is 4.74 Å². The van der Waals surface area contributed by atoms with Gasteiger partial charge in [0, 0.05) is 19.6 Å². The first kappa shape index (κ1) is 11.7. The van der Waals surface area contributed by atoms with E-state index in [9.17, 15) is 9.90 Å². The fourth-order valence-electron chi connectivity index (χ4n) is 2.38. The average molecular weight is 228 g/mol. The van der Waals surface area contributed by atoms with Crippen molar-refractivity contribution in [3.05, 3.63) is 0 Å². The largest absolute Gasteiger partial charge is 0.394 e. The summed E-state index contributed by atoms with van der Waals surface area (Å²) >= 11 is 0. The van der Waals surface area contributed by atoms with Gasteiger partial charge in [0.15, 0.2) is 0 Å². The molecule has 2 aliphatic rings. The van der Waals surface area contributed by atoms with E-state index in [0.29, 0.717) is 26.3 Å². The Morgan fingerprint density at radius 3 is 2.69 bits per heavy atom. The molecule has 0 aromatic heterocycles. The van der Waals surface area contributed by atoms with Crippen molar-refractivity contribution in [1.82, 2.24) is 9.80 Å². The molecule has 2 fully saturated rings. The zero-order chi connectivity index (χ0) is 11.4. The van der Waals surface area contributed by atoms with Gasteiger partial charge in [0.2, 0.25) is 0 Å². The second-order valence-corrected chi connectivity index (χ2v) is 4.41. The van der Waals surface area contributed by atoms with E-state index in [1.165, 1.54) is 0 Å². The number of carbonyl (C=O) groups excluding carboxylic acids is 1. The highest BCUT2D eigenvalue weighted by molar-refractivity contribution is 5.75. The van der Waals surface area contributed by atoms with Gasteiger partial charge in [-0.3, -0.25) is 0 Å². The highest BCUT2D eigenvalue weighted by Gasteiger charge is 2.30. The molecular weight excluding hydrogens is 208 g/mol. The van der Waals surface area contributed by atoms with Crippen LogP contribution in [0.3, 0.4) is 0 Å². The molecule has 2 amide bonds. The van der Waals surface area contributed by atoms with Crippen LogP contribution in [0.2, 0.25) is 0 Å². The number of carbonyl (C=O) groups is 1. The Hall–Kier alpha value is -0.810. The highest BCUT2D eigenvalue weighted by Crippen LogP contribution is 2.18. The Morgan fingerprint density at radius 2 is 2.00 bits per heavy atom. The maximum atomic E-state index is 12.2. The number of rotatable bonds is 1. The fourth-order valence-corrected chi connectivity index (χ4v) is 2.38. The Labute approximate surface area is 96.0 Å². The predicted molar refractivity (Wildman–Crippen MR) is 59.2 cm³/mol. The van der Waals surface area contributed by atoms with Crippen molar-refractivity contribution in [2.75, 3.05) is 39.5 Å². The van der Waals surface area contributed by atoms with Crippen LogP contribution in [0.15, 0.2) is 0 Å². The van der Waals surface area contributed by atoms with Gasteiger partial charge >= 0.3 is 6.03 Å². The predicted octanol–water partition coefficient (Wildman–Crippen LogP) is 0.285. The number of hydrogen-bond acceptors (Lipinski definition) is 3. The molecule has 0 radical (unpaired) electrons. The number of ether oxygens (including phenoxy) is 1. The number of morpholine rings is 1. The van der Waals surface area contributed by atoms with Crippen molar-refractivity contribution in [2.24, 2.45) is 0 Å². The van der Waals surface area contributed by atoms with Crippen molar-refractivity contribution < 1.29 is 14.6 Å². The first-order chi connectivity index (χ1) is 7.83. The molecule has 2 aliphatic heterocycles. The van der Waals surface area contributed by atoms with Crippen LogP contribution in [0.25, 0.3) is 0 Å². The zero-order valence-electron chi connectivity index (χ0n) is 9.60. The van der Waals surface area contributed by atoms with E-state index < -0.39 is 0 Å². The van der Waals surface area contributed by atoms with Gasteiger partial charge < -0.3 is 19.6 Å². The van der Waals surface area contributed by atoms with E-state index in [0.717, 1.165) is 25.8 Å². The molecular formula is C11H20N2O3. The molecule has 0 aliphatic carbocycles. The average Bonchev–Trinajstić information content (AvgIpc) is 2.39. The van der Waals surface area contributed by atoms with Gasteiger partial charge in [0.25, 0.3) is 0 Å². The van der Waals surface area contributed by atoms with Gasteiger partial charge in [0.1, 0.15) is 0 Å². The minimum Gasteiger partial charge on any atom is -0.394 e. The molecule has 92 valence electrons. The maximum Gasteiger partial charge on any atom is 0.320 e. The van der Waals surface area contributed by atoms with Crippen LogP contribution in [0.1, 0.15) is 19.3 Å². The number of aliphatic hydroxyl groups excluding tert-OH is 1. The number of likely N-dealkylation sites (tertiary alicyclic amines) is 1. The second kappa shape index (κ2) is 5.50. The molecule has 1 atom stereocenters. The summed E-state index contributed by atoms with van der Waals surface area (Å²) in [6.07, 6.45) is 3.08. The second-order valence-electron chi connectivity index (χ2n) is 4.41. The number of piperidine rings is 1. The van der Waals surface area contributed by atoms with Gasteiger partial charge in [-0.2, -0.15) is 0 Å². The smallest absolute Gasteiger partial charge is 0.320 e. The molecule has 2 saturated heterocycles. The third kappa shape index (κ3) is 2.47. The third-order valence-corrected chi connectivity index (χ3v) is 3.37. The molecule has 1 N–H and O–H groups in total. The molecule has 1 unspecified atom stereocenters. The quantitative estimate of drug-likeness (QED) is 0.701. The lowest BCUT2D eigenvalue weighted by molar-refractivity contribution is 0.0298. The van der Waals surface area contributed by atoms with Crippen LogP contribution in [0, 0.1) is 0 Å². The van der Waals surface area contributed by atoms with Crippen LogP contribution in [0.5, 0.6) is 0 Å². The standard InChI is InChI=1S/C11H20N2O3/c14-9-10-3-1-2-4-13(10)11(15)12-5-7-16-8-6-12/h10,14H,1-9H2. The summed E-state index contributed by atoms with van der Waals surface area (Å²) in [5.41, 5.74) is 0. The summed E-state index contributed by atoms with van der Waals surface area (Å²) in [4.78, 5) is 15.9. The molecule has 5 heteroatoms. The summed E-state index contributed by atoms with van der Waals surface area (Å²) in [5.74, 6) is 0. The van der Waals surface area contributed by atoms with Crippen molar-refractivity contribution in [3.8, 4) is 0 Å². The van der Waals surface area contributed by atoms with E-state index in [2.05, 4.69) is 0 Å². The Kier molecular flexibility index (Phi) is 4.01. The molecule has 0 aromatic carbocycles. The van der Waals surface area contributed by atoms with E-state index in [-0.39, 0.29) is 18.7 Å². The zero-order valence-corrected chi connectivity index (χ0v) is 9.60. The van der Waals surface area contributed by atoms with Gasteiger partial charge in [0.05, 0.1) is 25.9 Å². The minimum absolute atomic E-state index is 0.0177. The summed E-state index contributed by atoms with van der Waals surface area (Å²) in [6, 6.07) is 0.0890. The van der Waals surface area contributed by atoms with E-state index >= 15 is 0 Å². The van der Waals surface area contributed by atoms with Crippen LogP contribution < -0.4 is 0 Å². The molecule has 2 rings (SSSR count). The van der Waals surface area contributed by atoms with Crippen LogP contribution >= 0.6 is 0 Å². The molecule has 0 spiro atoms. The highest BCUT2D eigenvalue weighted by atomic mass is 16.5. The number of nitrogens with zero attached hydrogens (tertiary/aromatic N) is 2. The monoisotopic (exact) mass is 228 g/mol. The van der Waals surface area contributed by atoms with Crippen molar-refractivity contribution in [2.45, 2.75) is 25.3 Å². The van der Waals surface area contributed by atoms with Gasteiger partial charge in [-0.05, 0) is 19.3 Å². The summed E-state index contributed by atoms with van der Waals surface area (Å²) in [7, 11) is 0. The number of urea groups is 1. The maximum absolute atomic E-state index is 12.2. The number of amides is 2. The van der Waals surface area contributed by atoms with Gasteiger partial charge in [-0.15, -0.1) is 0 Å². The fraction of sp³-hybridized carbons (Fsp3) is 0.909. The lowest BCUT2D eigenvalue weighted by atomic mass is 10.0. The van der Waals surface area contributed by atoms with Crippen LogP contribution in [0.4, 0.5) is 4.79 Å². The first-order valence-corrected chi connectivity index (χ1v) is 6.07. The lowest BCUT2D eigenvalue weighted by Crippen LogP contribution is -2.54. The van der Waals surface area contributed by atoms with Gasteiger partial charge in [-0.1, -0.05) is 0 Å². The first-order valence-electron chi connectivity index (χ1n) is 6.07. The summed E-state index contributed by atoms with van der Waals surface area (Å²) < 4.78 is 5.23. The molecule has 0 aromatic rings. The van der Waals surface area contributed by atoms with Crippen LogP contribution in [-0.2, 0) is 4.74 Å². The summed E-state index contributed by atoms with van der Waals surface area (Å²) in [5, 5.41) is 9.27. The summed E-state index contributed by atoms with van der Waals surface area (Å²) in [6.45, 7) is 3.46. The van der Waals surface area contributed by atoms with E-state index in [1.54, 1.807) is 0 Å². The topological polar surface area (TPSA) is 53.0 Å². The molecule has 0 bridgehead atoms.